The molecule has 0 aromatic carbocycles. The van der Waals surface area contributed by atoms with Crippen molar-refractivity contribution < 1.29 is 19.1 Å². The van der Waals surface area contributed by atoms with E-state index in [-0.39, 0.29) is 6.54 Å². The predicted octanol–water partition coefficient (Wildman–Crippen LogP) is 0.299. The molecule has 0 aliphatic heterocycles. The standard InChI is InChI=1S/C9H13NO4/c1-3-13-8(11)6-5-7-10-9(12)14-4-2/h3-4,7H2,1-2H3,(H,10,12). The summed E-state index contributed by atoms with van der Waals surface area (Å²) in [5, 5.41) is 2.34. The van der Waals surface area contributed by atoms with E-state index in [0.717, 1.165) is 0 Å². The molecule has 0 aliphatic carbocycles. The van der Waals surface area contributed by atoms with E-state index in [2.05, 4.69) is 26.6 Å². The van der Waals surface area contributed by atoms with Gasteiger partial charge in [-0.1, -0.05) is 5.92 Å². The van der Waals surface area contributed by atoms with Crippen LogP contribution in [0, 0.1) is 11.8 Å². The summed E-state index contributed by atoms with van der Waals surface area (Å²) in [7, 11) is 0. The third-order valence-electron chi connectivity index (χ3n) is 1.06. The van der Waals surface area contributed by atoms with E-state index < -0.39 is 12.1 Å². The Labute approximate surface area is 82.8 Å². The lowest BCUT2D eigenvalue weighted by atomic mass is 10.5. The van der Waals surface area contributed by atoms with Gasteiger partial charge in [0.05, 0.1) is 19.8 Å². The average Bonchev–Trinajstić information content (AvgIpc) is 2.13. The number of hydrogen-bond acceptors (Lipinski definition) is 4. The summed E-state index contributed by atoms with van der Waals surface area (Å²) < 4.78 is 9.10. The van der Waals surface area contributed by atoms with Gasteiger partial charge in [0.25, 0.3) is 0 Å². The van der Waals surface area contributed by atoms with Gasteiger partial charge in [0, 0.05) is 5.92 Å². The lowest BCUT2D eigenvalue weighted by molar-refractivity contribution is -0.136. The monoisotopic (exact) mass is 199 g/mol. The fraction of sp³-hybridized carbons (Fsp3) is 0.556. The number of amides is 1. The zero-order valence-corrected chi connectivity index (χ0v) is 8.25. The second-order valence-corrected chi connectivity index (χ2v) is 2.10. The first kappa shape index (κ1) is 12.3. The van der Waals surface area contributed by atoms with Crippen molar-refractivity contribution in [1.29, 1.82) is 0 Å². The van der Waals surface area contributed by atoms with Crippen molar-refractivity contribution in [3.8, 4) is 11.8 Å². The molecule has 78 valence electrons. The topological polar surface area (TPSA) is 64.6 Å². The Morgan fingerprint density at radius 2 is 1.86 bits per heavy atom. The fourth-order valence-corrected chi connectivity index (χ4v) is 0.582. The maximum atomic E-state index is 10.7. The van der Waals surface area contributed by atoms with Gasteiger partial charge in [0.2, 0.25) is 0 Å². The van der Waals surface area contributed by atoms with Crippen molar-refractivity contribution in [2.24, 2.45) is 0 Å². The third-order valence-corrected chi connectivity index (χ3v) is 1.06. The van der Waals surface area contributed by atoms with Gasteiger partial charge < -0.3 is 14.8 Å². The number of nitrogens with one attached hydrogen (secondary N) is 1. The largest absolute Gasteiger partial charge is 0.456 e. The number of carbonyl (C=O) groups is 2. The molecule has 0 aliphatic rings. The van der Waals surface area contributed by atoms with Crippen LogP contribution in [0.25, 0.3) is 0 Å². The molecule has 0 atom stereocenters. The van der Waals surface area contributed by atoms with Gasteiger partial charge >= 0.3 is 12.1 Å². The van der Waals surface area contributed by atoms with E-state index in [1.165, 1.54) is 0 Å². The molecule has 0 rings (SSSR count). The quantitative estimate of drug-likeness (QED) is 0.403. The van der Waals surface area contributed by atoms with Crippen molar-refractivity contribution in [3.05, 3.63) is 0 Å². The molecule has 0 heterocycles. The van der Waals surface area contributed by atoms with Crippen molar-refractivity contribution in [2.75, 3.05) is 19.8 Å². The zero-order valence-electron chi connectivity index (χ0n) is 8.25. The summed E-state index contributed by atoms with van der Waals surface area (Å²) >= 11 is 0. The van der Waals surface area contributed by atoms with Crippen LogP contribution in [-0.4, -0.2) is 31.8 Å². The number of ether oxygens (including phenoxy) is 2. The van der Waals surface area contributed by atoms with Crippen LogP contribution < -0.4 is 5.32 Å². The summed E-state index contributed by atoms with van der Waals surface area (Å²) in [5.41, 5.74) is 0. The molecule has 5 heteroatoms. The average molecular weight is 199 g/mol. The highest BCUT2D eigenvalue weighted by atomic mass is 16.5. The Morgan fingerprint density at radius 1 is 1.21 bits per heavy atom. The summed E-state index contributed by atoms with van der Waals surface area (Å²) in [5.74, 6) is 4.02. The molecule has 5 nitrogen and oxygen atoms in total. The molecule has 0 saturated carbocycles. The summed E-state index contributed by atoms with van der Waals surface area (Å²) in [6.07, 6.45) is -0.550. The lowest BCUT2D eigenvalue weighted by Gasteiger charge is -1.99. The molecule has 14 heavy (non-hydrogen) atoms. The van der Waals surface area contributed by atoms with Gasteiger partial charge in [-0.25, -0.2) is 9.59 Å². The fourth-order valence-electron chi connectivity index (χ4n) is 0.582. The van der Waals surface area contributed by atoms with Crippen LogP contribution in [0.3, 0.4) is 0 Å². The molecule has 0 aromatic rings. The molecule has 0 aromatic heterocycles. The van der Waals surface area contributed by atoms with Crippen LogP contribution in [0.15, 0.2) is 0 Å². The van der Waals surface area contributed by atoms with Gasteiger partial charge in [0.15, 0.2) is 0 Å². The minimum atomic E-state index is -0.599. The minimum Gasteiger partial charge on any atom is -0.456 e. The maximum Gasteiger partial charge on any atom is 0.407 e. The van der Waals surface area contributed by atoms with Gasteiger partial charge in [0.1, 0.15) is 0 Å². The first-order valence-electron chi connectivity index (χ1n) is 4.27. The Morgan fingerprint density at radius 3 is 2.43 bits per heavy atom. The summed E-state index contributed by atoms with van der Waals surface area (Å²) in [4.78, 5) is 21.4. The number of alkyl carbamates (subject to hydrolysis) is 1. The highest BCUT2D eigenvalue weighted by molar-refractivity contribution is 5.88. The molecule has 0 bridgehead atoms. The van der Waals surface area contributed by atoms with Crippen molar-refractivity contribution in [2.45, 2.75) is 13.8 Å². The zero-order chi connectivity index (χ0) is 10.8. The molecule has 1 amide bonds. The Kier molecular flexibility index (Phi) is 6.96. The van der Waals surface area contributed by atoms with Crippen molar-refractivity contribution >= 4 is 12.1 Å². The number of carbonyl (C=O) groups excluding carboxylic acids is 2. The van der Waals surface area contributed by atoms with Gasteiger partial charge in [-0.2, -0.15) is 0 Å². The highest BCUT2D eigenvalue weighted by Gasteiger charge is 1.96. The molecule has 0 radical (unpaired) electrons. The number of hydrogen-bond donors (Lipinski definition) is 1. The predicted molar refractivity (Wildman–Crippen MR) is 49.4 cm³/mol. The van der Waals surface area contributed by atoms with Crippen molar-refractivity contribution in [3.63, 3.8) is 0 Å². The SMILES string of the molecule is CCOC(=O)C#CCNC(=O)OCC. The third kappa shape index (κ3) is 6.98. The van der Waals surface area contributed by atoms with E-state index in [1.54, 1.807) is 13.8 Å². The summed E-state index contributed by atoms with van der Waals surface area (Å²) in [6, 6.07) is 0. The first-order valence-corrected chi connectivity index (χ1v) is 4.27. The Hall–Kier alpha value is -1.70. The Bertz CT molecular complexity index is 251. The van der Waals surface area contributed by atoms with Crippen LogP contribution in [0.4, 0.5) is 4.79 Å². The molecular weight excluding hydrogens is 186 g/mol. The normalized spacial score (nSPS) is 8.14. The summed E-state index contributed by atoms with van der Waals surface area (Å²) in [6.45, 7) is 4.05. The van der Waals surface area contributed by atoms with Crippen molar-refractivity contribution in [1.82, 2.24) is 5.32 Å². The van der Waals surface area contributed by atoms with Gasteiger partial charge in [-0.05, 0) is 13.8 Å². The van der Waals surface area contributed by atoms with Crippen LogP contribution >= 0.6 is 0 Å². The van der Waals surface area contributed by atoms with Gasteiger partial charge in [-0.3, -0.25) is 0 Å². The van der Waals surface area contributed by atoms with Crippen LogP contribution in [0.2, 0.25) is 0 Å². The van der Waals surface area contributed by atoms with E-state index in [9.17, 15) is 9.59 Å². The van der Waals surface area contributed by atoms with Crippen LogP contribution in [0.1, 0.15) is 13.8 Å². The molecule has 0 saturated heterocycles. The van der Waals surface area contributed by atoms with Crippen LogP contribution in [-0.2, 0) is 14.3 Å². The highest BCUT2D eigenvalue weighted by Crippen LogP contribution is 1.75. The molecule has 0 spiro atoms. The smallest absolute Gasteiger partial charge is 0.407 e. The first-order chi connectivity index (χ1) is 6.70. The van der Waals surface area contributed by atoms with E-state index in [4.69, 9.17) is 0 Å². The maximum absolute atomic E-state index is 10.7. The number of rotatable bonds is 3. The second-order valence-electron chi connectivity index (χ2n) is 2.10. The second kappa shape index (κ2) is 7.92. The lowest BCUT2D eigenvalue weighted by Crippen LogP contribution is -2.24. The minimum absolute atomic E-state index is 0.0671. The molecular formula is C9H13NO4. The molecule has 1 N–H and O–H groups in total. The van der Waals surface area contributed by atoms with E-state index in [1.807, 2.05) is 0 Å². The van der Waals surface area contributed by atoms with E-state index >= 15 is 0 Å². The van der Waals surface area contributed by atoms with Crippen LogP contribution in [0.5, 0.6) is 0 Å². The van der Waals surface area contributed by atoms with Gasteiger partial charge in [-0.15, -0.1) is 0 Å². The molecule has 0 unspecified atom stereocenters. The molecule has 0 fully saturated rings. The Balaban J connectivity index is 3.61. The number of esters is 1. The van der Waals surface area contributed by atoms with E-state index in [0.29, 0.717) is 13.2 Å².